The van der Waals surface area contributed by atoms with Crippen LogP contribution in [0.4, 0.5) is 0 Å². The van der Waals surface area contributed by atoms with Crippen molar-refractivity contribution >= 4 is 23.0 Å². The van der Waals surface area contributed by atoms with Gasteiger partial charge < -0.3 is 10.2 Å². The van der Waals surface area contributed by atoms with Crippen molar-refractivity contribution in [3.05, 3.63) is 60.9 Å². The van der Waals surface area contributed by atoms with E-state index in [4.69, 9.17) is 10.2 Å². The fraction of sp³-hybridized carbons (Fsp3) is 0. The smallest absolute Gasteiger partial charge is 0.328 e. The maximum atomic E-state index is 9.55. The number of hydrogen-bond donors (Lipinski definition) is 3. The van der Waals surface area contributed by atoms with Crippen LogP contribution in [-0.4, -0.2) is 37.3 Å². The summed E-state index contributed by atoms with van der Waals surface area (Å²) in [5.41, 5.74) is 3.18. The molecule has 0 atom stereocenters. The number of aromatic amines is 1. The van der Waals surface area contributed by atoms with Crippen LogP contribution in [0.25, 0.3) is 22.2 Å². The zero-order valence-corrected chi connectivity index (χ0v) is 11.9. The maximum absolute atomic E-state index is 9.55. The molecule has 0 aliphatic rings. The summed E-state index contributed by atoms with van der Waals surface area (Å²) in [5, 5.41) is 23.6. The molecule has 7 heteroatoms. The van der Waals surface area contributed by atoms with Gasteiger partial charge in [-0.2, -0.15) is 5.10 Å². The van der Waals surface area contributed by atoms with Gasteiger partial charge in [0, 0.05) is 23.7 Å². The number of aliphatic carboxylic acids is 2. The van der Waals surface area contributed by atoms with Crippen LogP contribution in [0.2, 0.25) is 0 Å². The topological polar surface area (TPSA) is 116 Å². The molecule has 0 aliphatic heterocycles. The Bertz CT molecular complexity index is 825. The first-order valence-electron chi connectivity index (χ1n) is 6.55. The van der Waals surface area contributed by atoms with Gasteiger partial charge in [0.1, 0.15) is 0 Å². The summed E-state index contributed by atoms with van der Waals surface area (Å²) < 4.78 is 0. The van der Waals surface area contributed by atoms with E-state index in [-0.39, 0.29) is 0 Å². The third-order valence-electron chi connectivity index (χ3n) is 2.81. The molecular formula is C16H13N3O4. The van der Waals surface area contributed by atoms with E-state index in [1.807, 2.05) is 30.5 Å². The summed E-state index contributed by atoms with van der Waals surface area (Å²) in [4.78, 5) is 23.3. The van der Waals surface area contributed by atoms with E-state index < -0.39 is 11.9 Å². The molecule has 0 saturated carbocycles. The molecule has 3 aromatic rings. The standard InChI is InChI=1S/C12H9N3.C4H4O4/c1-2-4-9(5-3-1)10-6-7-13-12-11(10)8-14-15-12;5-3(6)1-2-4(7)8/h1-8H,(H,13,14,15);1-2H,(H,5,6)(H,7,8)/b;2-1-. The average molecular weight is 311 g/mol. The Kier molecular flexibility index (Phi) is 5.19. The van der Waals surface area contributed by atoms with Gasteiger partial charge in [-0.3, -0.25) is 5.10 Å². The van der Waals surface area contributed by atoms with Crippen molar-refractivity contribution in [3.63, 3.8) is 0 Å². The third kappa shape index (κ3) is 4.50. The SMILES string of the molecule is O=C(O)/C=C\C(=O)O.c1ccc(-c2ccnc3[nH]ncc23)cc1. The van der Waals surface area contributed by atoms with Crippen molar-refractivity contribution < 1.29 is 19.8 Å². The van der Waals surface area contributed by atoms with Crippen LogP contribution in [0, 0.1) is 0 Å². The lowest BCUT2D eigenvalue weighted by Gasteiger charge is -2.01. The predicted molar refractivity (Wildman–Crippen MR) is 83.7 cm³/mol. The molecule has 23 heavy (non-hydrogen) atoms. The molecule has 0 spiro atoms. The molecule has 0 unspecified atom stereocenters. The van der Waals surface area contributed by atoms with Crippen molar-refractivity contribution in [2.75, 3.05) is 0 Å². The summed E-state index contributed by atoms with van der Waals surface area (Å²) >= 11 is 0. The van der Waals surface area contributed by atoms with Gasteiger partial charge in [-0.1, -0.05) is 30.3 Å². The Hall–Kier alpha value is -3.48. The Morgan fingerprint density at radius 1 is 1.00 bits per heavy atom. The van der Waals surface area contributed by atoms with Crippen LogP contribution in [0.1, 0.15) is 0 Å². The number of H-pyrrole nitrogens is 1. The van der Waals surface area contributed by atoms with Crippen LogP contribution in [0.3, 0.4) is 0 Å². The van der Waals surface area contributed by atoms with Crippen LogP contribution in [0.15, 0.2) is 60.9 Å². The van der Waals surface area contributed by atoms with Crippen LogP contribution < -0.4 is 0 Å². The molecule has 3 rings (SSSR count). The quantitative estimate of drug-likeness (QED) is 0.639. The molecule has 0 aliphatic carbocycles. The molecule has 116 valence electrons. The lowest BCUT2D eigenvalue weighted by atomic mass is 10.0. The molecule has 0 bridgehead atoms. The number of benzene rings is 1. The van der Waals surface area contributed by atoms with Crippen molar-refractivity contribution in [1.29, 1.82) is 0 Å². The fourth-order valence-electron chi connectivity index (χ4n) is 1.86. The summed E-state index contributed by atoms with van der Waals surface area (Å²) in [6.45, 7) is 0. The molecule has 0 saturated heterocycles. The summed E-state index contributed by atoms with van der Waals surface area (Å²) in [6, 6.07) is 12.2. The number of carboxylic acids is 2. The number of fused-ring (bicyclic) bond motifs is 1. The number of carbonyl (C=O) groups is 2. The Labute approximate surface area is 130 Å². The summed E-state index contributed by atoms with van der Waals surface area (Å²) in [5.74, 6) is -2.51. The minimum Gasteiger partial charge on any atom is -0.478 e. The van der Waals surface area contributed by atoms with E-state index in [0.717, 1.165) is 16.6 Å². The van der Waals surface area contributed by atoms with Gasteiger partial charge >= 0.3 is 11.9 Å². The number of rotatable bonds is 3. The van der Waals surface area contributed by atoms with Gasteiger partial charge in [0.15, 0.2) is 5.65 Å². The highest BCUT2D eigenvalue weighted by Gasteiger charge is 2.04. The predicted octanol–water partition coefficient (Wildman–Crippen LogP) is 2.34. The van der Waals surface area contributed by atoms with Crippen LogP contribution in [-0.2, 0) is 9.59 Å². The minimum absolute atomic E-state index is 0.558. The highest BCUT2D eigenvalue weighted by Crippen LogP contribution is 2.25. The summed E-state index contributed by atoms with van der Waals surface area (Å²) in [7, 11) is 0. The van der Waals surface area contributed by atoms with E-state index in [1.54, 1.807) is 6.20 Å². The number of nitrogens with one attached hydrogen (secondary N) is 1. The van der Waals surface area contributed by atoms with Gasteiger partial charge in [-0.15, -0.1) is 0 Å². The lowest BCUT2D eigenvalue weighted by molar-refractivity contribution is -0.134. The number of nitrogens with zero attached hydrogens (tertiary/aromatic N) is 2. The molecule has 7 nitrogen and oxygen atoms in total. The minimum atomic E-state index is -1.26. The van der Waals surface area contributed by atoms with Gasteiger partial charge in [0.25, 0.3) is 0 Å². The average Bonchev–Trinajstić information content (AvgIpc) is 3.03. The van der Waals surface area contributed by atoms with E-state index in [0.29, 0.717) is 12.2 Å². The van der Waals surface area contributed by atoms with E-state index in [9.17, 15) is 9.59 Å². The lowest BCUT2D eigenvalue weighted by Crippen LogP contribution is -1.91. The first-order valence-corrected chi connectivity index (χ1v) is 6.55. The molecule has 0 fully saturated rings. The molecule has 1 aromatic carbocycles. The molecule has 2 aromatic heterocycles. The van der Waals surface area contributed by atoms with Crippen LogP contribution in [0.5, 0.6) is 0 Å². The van der Waals surface area contributed by atoms with Crippen LogP contribution >= 0.6 is 0 Å². The second kappa shape index (κ2) is 7.51. The van der Waals surface area contributed by atoms with Gasteiger partial charge in [-0.25, -0.2) is 14.6 Å². The van der Waals surface area contributed by atoms with Crippen molar-refractivity contribution in [2.24, 2.45) is 0 Å². The highest BCUT2D eigenvalue weighted by atomic mass is 16.4. The summed E-state index contributed by atoms with van der Waals surface area (Å²) in [6.07, 6.45) is 4.72. The zero-order chi connectivity index (χ0) is 16.7. The number of carboxylic acid groups (broad SMARTS) is 2. The third-order valence-corrected chi connectivity index (χ3v) is 2.81. The molecular weight excluding hydrogens is 298 g/mol. The Balaban J connectivity index is 0.000000207. The molecule has 2 heterocycles. The number of aromatic nitrogens is 3. The molecule has 0 radical (unpaired) electrons. The normalized spacial score (nSPS) is 10.3. The number of hydrogen-bond acceptors (Lipinski definition) is 4. The second-order valence-electron chi connectivity index (χ2n) is 4.37. The van der Waals surface area contributed by atoms with Crippen molar-refractivity contribution in [1.82, 2.24) is 15.2 Å². The largest absolute Gasteiger partial charge is 0.478 e. The molecule has 3 N–H and O–H groups in total. The van der Waals surface area contributed by atoms with E-state index in [1.165, 1.54) is 5.56 Å². The monoisotopic (exact) mass is 311 g/mol. The van der Waals surface area contributed by atoms with E-state index in [2.05, 4.69) is 27.3 Å². The first kappa shape index (κ1) is 15.9. The Morgan fingerprint density at radius 3 is 2.26 bits per heavy atom. The van der Waals surface area contributed by atoms with Crippen molar-refractivity contribution in [3.8, 4) is 11.1 Å². The van der Waals surface area contributed by atoms with Gasteiger partial charge in [-0.05, 0) is 17.2 Å². The second-order valence-corrected chi connectivity index (χ2v) is 4.37. The fourth-order valence-corrected chi connectivity index (χ4v) is 1.86. The number of pyridine rings is 1. The first-order chi connectivity index (χ1) is 11.1. The van der Waals surface area contributed by atoms with Gasteiger partial charge in [0.05, 0.1) is 6.20 Å². The Morgan fingerprint density at radius 2 is 1.65 bits per heavy atom. The zero-order valence-electron chi connectivity index (χ0n) is 11.9. The molecule has 0 amide bonds. The van der Waals surface area contributed by atoms with Crippen molar-refractivity contribution in [2.45, 2.75) is 0 Å². The van der Waals surface area contributed by atoms with E-state index >= 15 is 0 Å². The highest BCUT2D eigenvalue weighted by molar-refractivity contribution is 5.92. The van der Waals surface area contributed by atoms with Gasteiger partial charge in [0.2, 0.25) is 0 Å². The maximum Gasteiger partial charge on any atom is 0.328 e.